The van der Waals surface area contributed by atoms with Crippen LogP contribution in [0.5, 0.6) is 0 Å². The fraction of sp³-hybridized carbons (Fsp3) is 0.583. The SMILES string of the molecule is CCC(C)(C)NCC(=O)NC(C(=O)NC(Cc1ccccc1)C(=O)NC(C)C(N)=O)C(C)C. The Labute approximate surface area is 196 Å². The van der Waals surface area contributed by atoms with Gasteiger partial charge in [-0.2, -0.15) is 0 Å². The summed E-state index contributed by atoms with van der Waals surface area (Å²) in [4.78, 5) is 49.8. The highest BCUT2D eigenvalue weighted by atomic mass is 16.2. The Morgan fingerprint density at radius 3 is 2.06 bits per heavy atom. The molecule has 3 atom stereocenters. The first-order valence-corrected chi connectivity index (χ1v) is 11.3. The third-order valence-corrected chi connectivity index (χ3v) is 5.58. The number of hydrogen-bond acceptors (Lipinski definition) is 5. The van der Waals surface area contributed by atoms with E-state index >= 15 is 0 Å². The van der Waals surface area contributed by atoms with E-state index in [-0.39, 0.29) is 30.3 Å². The van der Waals surface area contributed by atoms with Crippen molar-refractivity contribution in [2.75, 3.05) is 6.54 Å². The van der Waals surface area contributed by atoms with Crippen molar-refractivity contribution in [3.05, 3.63) is 35.9 Å². The number of rotatable bonds is 13. The number of nitrogens with one attached hydrogen (secondary N) is 4. The lowest BCUT2D eigenvalue weighted by Crippen LogP contribution is -2.58. The largest absolute Gasteiger partial charge is 0.368 e. The van der Waals surface area contributed by atoms with Crippen LogP contribution in [0.4, 0.5) is 0 Å². The molecule has 0 saturated heterocycles. The molecule has 184 valence electrons. The summed E-state index contributed by atoms with van der Waals surface area (Å²) in [5.74, 6) is -2.20. The maximum Gasteiger partial charge on any atom is 0.243 e. The summed E-state index contributed by atoms with van der Waals surface area (Å²) in [6, 6.07) is 6.53. The fourth-order valence-corrected chi connectivity index (χ4v) is 2.91. The Kier molecular flexibility index (Phi) is 11.0. The van der Waals surface area contributed by atoms with Crippen molar-refractivity contribution in [2.45, 2.75) is 78.0 Å². The Bertz CT molecular complexity index is 810. The van der Waals surface area contributed by atoms with Crippen LogP contribution in [0.15, 0.2) is 30.3 Å². The lowest BCUT2D eigenvalue weighted by molar-refractivity contribution is -0.133. The van der Waals surface area contributed by atoms with Crippen LogP contribution in [-0.4, -0.2) is 53.8 Å². The second kappa shape index (κ2) is 12.9. The van der Waals surface area contributed by atoms with Crippen LogP contribution >= 0.6 is 0 Å². The first-order valence-electron chi connectivity index (χ1n) is 11.3. The highest BCUT2D eigenvalue weighted by Gasteiger charge is 2.30. The van der Waals surface area contributed by atoms with Gasteiger partial charge in [-0.05, 0) is 38.7 Å². The molecule has 0 heterocycles. The normalized spacial score (nSPS) is 14.2. The van der Waals surface area contributed by atoms with Crippen molar-refractivity contribution in [1.29, 1.82) is 0 Å². The summed E-state index contributed by atoms with van der Waals surface area (Å²) in [6.45, 7) is 11.2. The van der Waals surface area contributed by atoms with Gasteiger partial charge in [0, 0.05) is 12.0 Å². The highest BCUT2D eigenvalue weighted by molar-refractivity contribution is 5.94. The molecule has 0 aliphatic carbocycles. The Hall–Kier alpha value is -2.94. The maximum atomic E-state index is 13.1. The van der Waals surface area contributed by atoms with Gasteiger partial charge >= 0.3 is 0 Å². The molecule has 0 spiro atoms. The molecule has 4 amide bonds. The van der Waals surface area contributed by atoms with Crippen LogP contribution in [-0.2, 0) is 25.6 Å². The summed E-state index contributed by atoms with van der Waals surface area (Å²) < 4.78 is 0. The van der Waals surface area contributed by atoms with Gasteiger partial charge in [-0.15, -0.1) is 0 Å². The van der Waals surface area contributed by atoms with Gasteiger partial charge in [0.2, 0.25) is 23.6 Å². The molecule has 0 saturated carbocycles. The second-order valence-electron chi connectivity index (χ2n) is 9.26. The molecule has 9 heteroatoms. The number of carbonyl (C=O) groups excluding carboxylic acids is 4. The predicted molar refractivity (Wildman–Crippen MR) is 128 cm³/mol. The fourth-order valence-electron chi connectivity index (χ4n) is 2.91. The molecule has 9 nitrogen and oxygen atoms in total. The average molecular weight is 462 g/mol. The highest BCUT2D eigenvalue weighted by Crippen LogP contribution is 2.08. The summed E-state index contributed by atoms with van der Waals surface area (Å²) in [7, 11) is 0. The standard InChI is InChI=1S/C24H39N5O4/c1-7-24(5,6)26-14-19(30)29-20(15(2)3)23(33)28-18(13-17-11-9-8-10-12-17)22(32)27-16(4)21(25)31/h8-12,15-16,18,20,26H,7,13-14H2,1-6H3,(H2,25,31)(H,27,32)(H,28,33)(H,29,30). The van der Waals surface area contributed by atoms with E-state index in [1.54, 1.807) is 0 Å². The molecule has 1 rings (SSSR count). The number of carbonyl (C=O) groups is 4. The summed E-state index contributed by atoms with van der Waals surface area (Å²) >= 11 is 0. The van der Waals surface area contributed by atoms with Gasteiger partial charge in [0.05, 0.1) is 6.54 Å². The Morgan fingerprint density at radius 1 is 0.939 bits per heavy atom. The number of primary amides is 1. The molecule has 33 heavy (non-hydrogen) atoms. The molecule has 3 unspecified atom stereocenters. The molecule has 1 aromatic carbocycles. The molecule has 0 aliphatic heterocycles. The molecule has 0 aliphatic rings. The quantitative estimate of drug-likeness (QED) is 0.293. The minimum absolute atomic E-state index is 0.0708. The number of hydrogen-bond donors (Lipinski definition) is 5. The van der Waals surface area contributed by atoms with Gasteiger partial charge in [0.15, 0.2) is 0 Å². The van der Waals surface area contributed by atoms with Crippen molar-refractivity contribution in [3.63, 3.8) is 0 Å². The zero-order valence-corrected chi connectivity index (χ0v) is 20.5. The first-order chi connectivity index (χ1) is 15.4. The van der Waals surface area contributed by atoms with Gasteiger partial charge in [-0.25, -0.2) is 0 Å². The van der Waals surface area contributed by atoms with E-state index < -0.39 is 35.8 Å². The molecule has 6 N–H and O–H groups in total. The zero-order valence-electron chi connectivity index (χ0n) is 20.5. The molecule has 1 aromatic rings. The zero-order chi connectivity index (χ0) is 25.2. The topological polar surface area (TPSA) is 142 Å². The monoisotopic (exact) mass is 461 g/mol. The third kappa shape index (κ3) is 10.0. The van der Waals surface area contributed by atoms with E-state index in [0.717, 1.165) is 12.0 Å². The summed E-state index contributed by atoms with van der Waals surface area (Å²) in [5.41, 5.74) is 5.88. The van der Waals surface area contributed by atoms with Crippen molar-refractivity contribution in [1.82, 2.24) is 21.3 Å². The van der Waals surface area contributed by atoms with Crippen molar-refractivity contribution < 1.29 is 19.2 Å². The van der Waals surface area contributed by atoms with E-state index in [2.05, 4.69) is 21.3 Å². The lowest BCUT2D eigenvalue weighted by atomic mass is 10.0. The van der Waals surface area contributed by atoms with Gasteiger partial charge in [-0.1, -0.05) is 51.1 Å². The Morgan fingerprint density at radius 2 is 1.55 bits per heavy atom. The predicted octanol–water partition coefficient (Wildman–Crippen LogP) is 0.623. The smallest absolute Gasteiger partial charge is 0.243 e. The van der Waals surface area contributed by atoms with E-state index in [4.69, 9.17) is 5.73 Å². The summed E-state index contributed by atoms with van der Waals surface area (Å²) in [6.07, 6.45) is 1.06. The van der Waals surface area contributed by atoms with E-state index in [0.29, 0.717) is 0 Å². The van der Waals surface area contributed by atoms with E-state index in [9.17, 15) is 19.2 Å². The van der Waals surface area contributed by atoms with Crippen molar-refractivity contribution >= 4 is 23.6 Å². The molecular formula is C24H39N5O4. The minimum atomic E-state index is -0.947. The molecular weight excluding hydrogens is 422 g/mol. The molecule has 0 aromatic heterocycles. The van der Waals surface area contributed by atoms with Crippen LogP contribution in [0.3, 0.4) is 0 Å². The lowest BCUT2D eigenvalue weighted by Gasteiger charge is -2.27. The second-order valence-corrected chi connectivity index (χ2v) is 9.26. The molecule has 0 bridgehead atoms. The van der Waals surface area contributed by atoms with Gasteiger partial charge in [-0.3, -0.25) is 19.2 Å². The van der Waals surface area contributed by atoms with Gasteiger partial charge in [0.1, 0.15) is 18.1 Å². The van der Waals surface area contributed by atoms with Crippen LogP contribution < -0.4 is 27.0 Å². The van der Waals surface area contributed by atoms with E-state index in [1.807, 2.05) is 65.0 Å². The third-order valence-electron chi connectivity index (χ3n) is 5.58. The maximum absolute atomic E-state index is 13.1. The summed E-state index contributed by atoms with van der Waals surface area (Å²) in [5, 5.41) is 11.2. The van der Waals surface area contributed by atoms with Gasteiger partial charge < -0.3 is 27.0 Å². The van der Waals surface area contributed by atoms with Crippen molar-refractivity contribution in [2.24, 2.45) is 11.7 Å². The van der Waals surface area contributed by atoms with Crippen LogP contribution in [0, 0.1) is 5.92 Å². The number of nitrogens with two attached hydrogens (primary N) is 1. The number of benzene rings is 1. The van der Waals surface area contributed by atoms with Crippen molar-refractivity contribution in [3.8, 4) is 0 Å². The first kappa shape index (κ1) is 28.1. The average Bonchev–Trinajstić information content (AvgIpc) is 2.75. The van der Waals surface area contributed by atoms with Gasteiger partial charge in [0.25, 0.3) is 0 Å². The van der Waals surface area contributed by atoms with Crippen LogP contribution in [0.2, 0.25) is 0 Å². The minimum Gasteiger partial charge on any atom is -0.368 e. The number of amides is 4. The molecule has 0 radical (unpaired) electrons. The Balaban J connectivity index is 2.94. The van der Waals surface area contributed by atoms with E-state index in [1.165, 1.54) is 6.92 Å². The van der Waals surface area contributed by atoms with Crippen LogP contribution in [0.1, 0.15) is 53.5 Å². The molecule has 0 fully saturated rings. The van der Waals surface area contributed by atoms with Crippen LogP contribution in [0.25, 0.3) is 0 Å².